The van der Waals surface area contributed by atoms with E-state index in [1.807, 2.05) is 60.7 Å². The molecule has 0 radical (unpaired) electrons. The lowest BCUT2D eigenvalue weighted by atomic mass is 10.00. The molecule has 0 N–H and O–H groups in total. The van der Waals surface area contributed by atoms with Crippen LogP contribution in [0.25, 0.3) is 67.0 Å². The summed E-state index contributed by atoms with van der Waals surface area (Å²) < 4.78 is 12.1. The molecule has 0 fully saturated rings. The van der Waals surface area contributed by atoms with E-state index in [0.717, 1.165) is 84.0 Å². The van der Waals surface area contributed by atoms with Gasteiger partial charge in [0.1, 0.15) is 11.0 Å². The molecule has 0 bridgehead atoms. The summed E-state index contributed by atoms with van der Waals surface area (Å²) in [5, 5.41) is 2.33. The number of aromatic nitrogens is 2. The maximum atomic E-state index is 6.06. The number of fused-ring (bicyclic) bond motifs is 3. The van der Waals surface area contributed by atoms with Crippen LogP contribution in [0.3, 0.4) is 0 Å². The van der Waals surface area contributed by atoms with Crippen LogP contribution >= 0.6 is 0 Å². The van der Waals surface area contributed by atoms with Crippen LogP contribution in [-0.4, -0.2) is 9.97 Å². The molecule has 11 aromatic rings. The molecule has 0 aliphatic carbocycles. The zero-order chi connectivity index (χ0) is 39.8. The van der Waals surface area contributed by atoms with Crippen molar-refractivity contribution in [2.75, 3.05) is 9.80 Å². The number of para-hydroxylation sites is 6. The van der Waals surface area contributed by atoms with Gasteiger partial charge in [0.2, 0.25) is 11.8 Å². The second-order valence-electron chi connectivity index (χ2n) is 14.7. The van der Waals surface area contributed by atoms with Crippen molar-refractivity contribution in [3.8, 4) is 34.0 Å². The molecule has 6 nitrogen and oxygen atoms in total. The van der Waals surface area contributed by atoms with Crippen molar-refractivity contribution in [1.29, 1.82) is 0 Å². The fraction of sp³-hybridized carbons (Fsp3) is 0. The highest BCUT2D eigenvalue weighted by Gasteiger charge is 2.17. The molecule has 0 saturated heterocycles. The molecule has 0 spiro atoms. The van der Waals surface area contributed by atoms with Crippen LogP contribution in [0.5, 0.6) is 0 Å². The van der Waals surface area contributed by atoms with Gasteiger partial charge >= 0.3 is 0 Å². The monoisotopic (exact) mass is 772 g/mol. The standard InChI is InChI=1S/C54H36N4O2/c1-3-11-43(12-4-1)57(46-30-23-38(24-31-46)53-55-49-15-7-9-17-51(49)59-53)45-28-21-37(22-29-45)40-19-20-42-36-48(34-27-41(42)35-40)58(44-13-5-2-6-14-44)47-32-25-39(26-33-47)54-56-50-16-8-10-18-52(50)60-54/h1-36H. The van der Waals surface area contributed by atoms with Crippen LogP contribution in [0.15, 0.2) is 227 Å². The first-order valence-electron chi connectivity index (χ1n) is 20.0. The van der Waals surface area contributed by atoms with Gasteiger partial charge in [-0.2, -0.15) is 0 Å². The fourth-order valence-corrected chi connectivity index (χ4v) is 7.90. The Balaban J connectivity index is 0.878. The van der Waals surface area contributed by atoms with Gasteiger partial charge in [-0.1, -0.05) is 91.0 Å². The van der Waals surface area contributed by atoms with Gasteiger partial charge in [0.15, 0.2) is 11.2 Å². The predicted molar refractivity (Wildman–Crippen MR) is 245 cm³/mol. The van der Waals surface area contributed by atoms with E-state index in [1.165, 1.54) is 5.39 Å². The first kappa shape index (κ1) is 35.0. The average Bonchev–Trinajstić information content (AvgIpc) is 3.96. The van der Waals surface area contributed by atoms with Gasteiger partial charge < -0.3 is 18.6 Å². The van der Waals surface area contributed by atoms with Crippen molar-refractivity contribution >= 4 is 67.1 Å². The van der Waals surface area contributed by atoms with Crippen molar-refractivity contribution < 1.29 is 8.83 Å². The SMILES string of the molecule is c1ccc(N(c2ccc(-c3ccc4cc(N(c5ccccc5)c5ccc(-c6nc7ccccc7o6)cc5)ccc4c3)cc2)c2ccc(-c3nc4ccccc4o3)cc2)cc1. The number of hydrogen-bond donors (Lipinski definition) is 0. The number of oxazole rings is 2. The van der Waals surface area contributed by atoms with Gasteiger partial charge in [-0.05, 0) is 149 Å². The third-order valence-electron chi connectivity index (χ3n) is 10.9. The van der Waals surface area contributed by atoms with Gasteiger partial charge in [0, 0.05) is 45.3 Å². The van der Waals surface area contributed by atoms with Gasteiger partial charge in [-0.25, -0.2) is 9.97 Å². The van der Waals surface area contributed by atoms with E-state index < -0.39 is 0 Å². The maximum Gasteiger partial charge on any atom is 0.227 e. The van der Waals surface area contributed by atoms with Crippen molar-refractivity contribution in [1.82, 2.24) is 9.97 Å². The van der Waals surface area contributed by atoms with Crippen LogP contribution < -0.4 is 9.80 Å². The Bertz CT molecular complexity index is 3180. The first-order chi connectivity index (χ1) is 29.7. The highest BCUT2D eigenvalue weighted by molar-refractivity contribution is 5.92. The van der Waals surface area contributed by atoms with Gasteiger partial charge in [-0.15, -0.1) is 0 Å². The zero-order valence-corrected chi connectivity index (χ0v) is 32.4. The molecule has 11 rings (SSSR count). The van der Waals surface area contributed by atoms with Crippen LogP contribution in [0, 0.1) is 0 Å². The van der Waals surface area contributed by atoms with E-state index in [9.17, 15) is 0 Å². The van der Waals surface area contributed by atoms with Crippen LogP contribution in [-0.2, 0) is 0 Å². The molecule has 6 heteroatoms. The summed E-state index contributed by atoms with van der Waals surface area (Å²) in [6.07, 6.45) is 0. The average molecular weight is 773 g/mol. The topological polar surface area (TPSA) is 58.5 Å². The summed E-state index contributed by atoms with van der Waals surface area (Å²) in [5.41, 5.74) is 13.8. The minimum absolute atomic E-state index is 0.613. The third-order valence-corrected chi connectivity index (χ3v) is 10.9. The second kappa shape index (κ2) is 14.9. The normalized spacial score (nSPS) is 11.3. The molecule has 0 atom stereocenters. The van der Waals surface area contributed by atoms with Crippen molar-refractivity contribution in [2.45, 2.75) is 0 Å². The summed E-state index contributed by atoms with van der Waals surface area (Å²) in [6, 6.07) is 75.6. The van der Waals surface area contributed by atoms with E-state index in [1.54, 1.807) is 0 Å². The maximum absolute atomic E-state index is 6.06. The van der Waals surface area contributed by atoms with E-state index in [0.29, 0.717) is 11.8 Å². The minimum Gasteiger partial charge on any atom is -0.436 e. The predicted octanol–water partition coefficient (Wildman–Crippen LogP) is 15.1. The largest absolute Gasteiger partial charge is 0.436 e. The molecule has 284 valence electrons. The summed E-state index contributed by atoms with van der Waals surface area (Å²) in [4.78, 5) is 14.0. The summed E-state index contributed by atoms with van der Waals surface area (Å²) in [5.74, 6) is 1.23. The Morgan fingerprint density at radius 2 is 0.650 bits per heavy atom. The summed E-state index contributed by atoms with van der Waals surface area (Å²) >= 11 is 0. The second-order valence-corrected chi connectivity index (χ2v) is 14.7. The Hall–Kier alpha value is -8.22. The highest BCUT2D eigenvalue weighted by atomic mass is 16.4. The van der Waals surface area contributed by atoms with E-state index in [-0.39, 0.29) is 0 Å². The molecule has 0 aliphatic heterocycles. The van der Waals surface area contributed by atoms with E-state index in [4.69, 9.17) is 18.8 Å². The molecule has 60 heavy (non-hydrogen) atoms. The fourth-order valence-electron chi connectivity index (χ4n) is 7.90. The molecule has 0 saturated carbocycles. The van der Waals surface area contributed by atoms with Crippen molar-refractivity contribution in [3.05, 3.63) is 218 Å². The number of anilines is 6. The van der Waals surface area contributed by atoms with Crippen LogP contribution in [0.1, 0.15) is 0 Å². The lowest BCUT2D eigenvalue weighted by molar-refractivity contribution is 0.619. The Kier molecular flexibility index (Phi) is 8.71. The lowest BCUT2D eigenvalue weighted by Crippen LogP contribution is -2.09. The van der Waals surface area contributed by atoms with Gasteiger partial charge in [-0.3, -0.25) is 0 Å². The summed E-state index contributed by atoms with van der Waals surface area (Å²) in [7, 11) is 0. The van der Waals surface area contributed by atoms with Crippen molar-refractivity contribution in [3.63, 3.8) is 0 Å². The van der Waals surface area contributed by atoms with Gasteiger partial charge in [0.25, 0.3) is 0 Å². The van der Waals surface area contributed by atoms with Crippen LogP contribution in [0.4, 0.5) is 34.1 Å². The highest BCUT2D eigenvalue weighted by Crippen LogP contribution is 2.40. The number of hydrogen-bond acceptors (Lipinski definition) is 6. The number of benzene rings is 9. The molecule has 2 heterocycles. The third kappa shape index (κ3) is 6.62. The summed E-state index contributed by atoms with van der Waals surface area (Å²) in [6.45, 7) is 0. The van der Waals surface area contributed by atoms with Crippen LogP contribution in [0.2, 0.25) is 0 Å². The smallest absolute Gasteiger partial charge is 0.227 e. The quantitative estimate of drug-likeness (QED) is 0.146. The van der Waals surface area contributed by atoms with E-state index in [2.05, 4.69) is 168 Å². The Labute approximate surface area is 346 Å². The lowest BCUT2D eigenvalue weighted by Gasteiger charge is -2.26. The molecule has 2 aromatic heterocycles. The first-order valence-corrected chi connectivity index (χ1v) is 20.0. The Morgan fingerprint density at radius 1 is 0.283 bits per heavy atom. The number of rotatable bonds is 9. The molecule has 0 aliphatic rings. The molecule has 0 unspecified atom stereocenters. The van der Waals surface area contributed by atoms with Gasteiger partial charge in [0.05, 0.1) is 0 Å². The minimum atomic E-state index is 0.613. The number of nitrogens with zero attached hydrogens (tertiary/aromatic N) is 4. The zero-order valence-electron chi connectivity index (χ0n) is 32.4. The van der Waals surface area contributed by atoms with E-state index >= 15 is 0 Å². The molecule has 9 aromatic carbocycles. The van der Waals surface area contributed by atoms with Crippen molar-refractivity contribution in [2.24, 2.45) is 0 Å². The molecular formula is C54H36N4O2. The molecule has 0 amide bonds. The Morgan fingerprint density at radius 3 is 1.15 bits per heavy atom. The molecular weight excluding hydrogens is 737 g/mol.